The number of hydrogen-bond donors (Lipinski definition) is 0. The van der Waals surface area contributed by atoms with Crippen LogP contribution in [0.4, 0.5) is 0 Å². The first-order valence-corrected chi connectivity index (χ1v) is 8.32. The summed E-state index contributed by atoms with van der Waals surface area (Å²) in [5.74, 6) is 14.7. The van der Waals surface area contributed by atoms with Crippen molar-refractivity contribution in [3.8, 4) is 0 Å². The second-order valence-electron chi connectivity index (χ2n) is 6.25. The molecule has 0 saturated heterocycles. The van der Waals surface area contributed by atoms with Crippen molar-refractivity contribution in [3.05, 3.63) is 85.8 Å². The summed E-state index contributed by atoms with van der Waals surface area (Å²) in [5, 5.41) is 0. The van der Waals surface area contributed by atoms with Crippen LogP contribution in [0.15, 0.2) is 0 Å². The molecule has 2 rings (SSSR count). The van der Waals surface area contributed by atoms with Gasteiger partial charge in [0.25, 0.3) is 0 Å². The Balaban J connectivity index is -0.0000000686. The van der Waals surface area contributed by atoms with Gasteiger partial charge in [0.05, 0.1) is 0 Å². The Kier molecular flexibility index (Phi) is 37.6. The van der Waals surface area contributed by atoms with Gasteiger partial charge in [-0.25, -0.2) is 0 Å². The number of rotatable bonds is 0. The van der Waals surface area contributed by atoms with Crippen molar-refractivity contribution in [3.63, 3.8) is 0 Å². The Morgan fingerprint density at radius 3 is 0.333 bits per heavy atom. The second kappa shape index (κ2) is 25.6. The van der Waals surface area contributed by atoms with Crippen LogP contribution in [0.5, 0.6) is 0 Å². The Bertz CT molecular complexity index is 317. The van der Waals surface area contributed by atoms with Gasteiger partial charge in [-0.05, 0) is 59.2 Å². The predicted molar refractivity (Wildman–Crippen MR) is 105 cm³/mol. The molecule has 0 N–H and O–H groups in total. The standard InChI is InChI=1S/2C10H15.4CO.2Mo/c2*1-6-7(2)9(4)10(5)8(6)3;4*1-2;;/h2*1-5H3;;;;;;. The first-order valence-electron chi connectivity index (χ1n) is 8.32. The van der Waals surface area contributed by atoms with E-state index >= 15 is 0 Å². The Morgan fingerprint density at radius 2 is 0.300 bits per heavy atom. The summed E-state index contributed by atoms with van der Waals surface area (Å²) < 4.78 is 30.0. The zero-order valence-electron chi connectivity index (χ0n) is 19.4. The van der Waals surface area contributed by atoms with E-state index in [2.05, 4.69) is 95.8 Å². The first-order chi connectivity index (χ1) is 13.1. The molecule has 0 bridgehead atoms. The summed E-state index contributed by atoms with van der Waals surface area (Å²) in [6.45, 7) is 40.0. The fourth-order valence-electron chi connectivity index (χ4n) is 2.81. The minimum atomic E-state index is 0. The van der Waals surface area contributed by atoms with Crippen molar-refractivity contribution in [2.75, 3.05) is 0 Å². The van der Waals surface area contributed by atoms with Crippen molar-refractivity contribution in [2.24, 2.45) is 0 Å². The Labute approximate surface area is 214 Å². The molecule has 0 atom stereocenters. The van der Waals surface area contributed by atoms with Crippen molar-refractivity contribution in [2.45, 2.75) is 69.2 Å². The van der Waals surface area contributed by atoms with E-state index in [0.29, 0.717) is 0 Å². The van der Waals surface area contributed by atoms with Crippen LogP contribution >= 0.6 is 0 Å². The monoisotopic (exact) mass is 578 g/mol. The topological polar surface area (TPSA) is 79.6 Å². The first kappa shape index (κ1) is 44.1. The van der Waals surface area contributed by atoms with E-state index in [0.717, 1.165) is 0 Å². The third-order valence-electron chi connectivity index (χ3n) is 5.62. The van der Waals surface area contributed by atoms with E-state index < -0.39 is 0 Å². The molecule has 0 spiro atoms. The molecule has 0 aromatic carbocycles. The summed E-state index contributed by atoms with van der Waals surface area (Å²) in [7, 11) is 0. The molecule has 0 aromatic rings. The van der Waals surface area contributed by atoms with E-state index in [-0.39, 0.29) is 42.1 Å². The average molecular weight is 574 g/mol. The molecule has 0 aliphatic heterocycles. The summed E-state index contributed by atoms with van der Waals surface area (Å²) in [6, 6.07) is 0. The maximum atomic E-state index is 7.50. The van der Waals surface area contributed by atoms with Gasteiger partial charge in [-0.3, -0.25) is 0 Å². The molecule has 6 heteroatoms. The molecule has 2 aliphatic rings. The van der Waals surface area contributed by atoms with Crippen LogP contribution in [-0.4, -0.2) is 0 Å². The Hall–Kier alpha value is 0.337. The van der Waals surface area contributed by atoms with Crippen LogP contribution < -0.4 is 0 Å². The summed E-state index contributed by atoms with van der Waals surface area (Å²) in [4.78, 5) is 0. The van der Waals surface area contributed by atoms with Crippen molar-refractivity contribution in [1.29, 1.82) is 0 Å². The van der Waals surface area contributed by atoms with E-state index in [1.807, 2.05) is 0 Å². The van der Waals surface area contributed by atoms with Crippen molar-refractivity contribution < 1.29 is 60.7 Å². The van der Waals surface area contributed by atoms with Crippen LogP contribution in [0.1, 0.15) is 69.2 Å². The maximum Gasteiger partial charge on any atom is 0 e. The smallest absolute Gasteiger partial charge is 0 e. The molecule has 0 heterocycles. The minimum absolute atomic E-state index is 0. The molecular formula is C24H30Mo2O4. The molecular weight excluding hydrogens is 544 g/mol. The van der Waals surface area contributed by atoms with Crippen LogP contribution in [-0.2, 0) is 60.7 Å². The zero-order valence-corrected chi connectivity index (χ0v) is 23.5. The largest absolute Gasteiger partial charge is 0 e. The van der Waals surface area contributed by atoms with E-state index in [9.17, 15) is 0 Å². The summed E-state index contributed by atoms with van der Waals surface area (Å²) >= 11 is 0. The molecule has 4 nitrogen and oxygen atoms in total. The molecule has 162 valence electrons. The fraction of sp³-hybridized carbons (Fsp3) is 0.417. The van der Waals surface area contributed by atoms with Crippen LogP contribution in [0.25, 0.3) is 0 Å². The van der Waals surface area contributed by atoms with Gasteiger partial charge in [-0.1, -0.05) is 69.2 Å². The molecule has 30 heavy (non-hydrogen) atoms. The molecule has 2 saturated carbocycles. The fourth-order valence-corrected chi connectivity index (χ4v) is 2.81. The number of hydrogen-bond acceptors (Lipinski definition) is 0. The van der Waals surface area contributed by atoms with Crippen molar-refractivity contribution >= 4 is 0 Å². The second-order valence-corrected chi connectivity index (χ2v) is 6.25. The van der Waals surface area contributed by atoms with Gasteiger partial charge in [0.2, 0.25) is 0 Å². The normalized spacial score (nSPS) is 19.3. The van der Waals surface area contributed by atoms with Crippen LogP contribution in [0.3, 0.4) is 0 Å². The molecule has 0 amide bonds. The van der Waals surface area contributed by atoms with Gasteiger partial charge in [0, 0.05) is 42.1 Å². The predicted octanol–water partition coefficient (Wildman–Crippen LogP) is 5.79. The van der Waals surface area contributed by atoms with Crippen LogP contribution in [0, 0.1) is 85.8 Å². The van der Waals surface area contributed by atoms with Gasteiger partial charge < -0.3 is 0 Å². The maximum absolute atomic E-state index is 7.50. The quantitative estimate of drug-likeness (QED) is 0.200. The zero-order chi connectivity index (χ0) is 23.8. The molecule has 0 unspecified atom stereocenters. The SMILES string of the molecule is C[C]1[C](C)[C](C)[C](C)[C]1C.C[C]1[C](C)[C](C)[C](C)[C]1C.[C-]#[O+].[C-]#[O+].[C-]#[O+].[C-]#[O+].[Mo].[Mo]. The van der Waals surface area contributed by atoms with E-state index in [1.54, 1.807) is 0 Å². The molecule has 0 aromatic heterocycles. The van der Waals surface area contributed by atoms with E-state index in [4.69, 9.17) is 18.6 Å². The third-order valence-corrected chi connectivity index (χ3v) is 5.62. The minimum Gasteiger partial charge on any atom is 0 e. The molecule has 2 aliphatic carbocycles. The van der Waals surface area contributed by atoms with Crippen LogP contribution in [0.2, 0.25) is 0 Å². The Morgan fingerprint density at radius 1 is 0.267 bits per heavy atom. The molecule has 2 fully saturated rings. The van der Waals surface area contributed by atoms with Gasteiger partial charge in [-0.15, -0.1) is 0 Å². The van der Waals surface area contributed by atoms with E-state index in [1.165, 1.54) is 59.2 Å². The van der Waals surface area contributed by atoms with Gasteiger partial charge in [0.15, 0.2) is 0 Å². The molecule has 10 radical (unpaired) electrons. The summed E-state index contributed by atoms with van der Waals surface area (Å²) in [5.41, 5.74) is 0. The van der Waals surface area contributed by atoms with Crippen molar-refractivity contribution in [1.82, 2.24) is 0 Å². The van der Waals surface area contributed by atoms with Gasteiger partial charge in [0.1, 0.15) is 0 Å². The summed E-state index contributed by atoms with van der Waals surface area (Å²) in [6.07, 6.45) is 0. The third kappa shape index (κ3) is 13.0. The van der Waals surface area contributed by atoms with Gasteiger partial charge >= 0.3 is 45.2 Å². The average Bonchev–Trinajstić information content (AvgIpc) is 3.04. The van der Waals surface area contributed by atoms with Gasteiger partial charge in [-0.2, -0.15) is 0 Å².